The molecule has 0 fully saturated rings. The van der Waals surface area contributed by atoms with Crippen LogP contribution in [0.5, 0.6) is 0 Å². The van der Waals surface area contributed by atoms with Crippen LogP contribution >= 0.6 is 0 Å². The highest BCUT2D eigenvalue weighted by molar-refractivity contribution is 7.89. The first-order chi connectivity index (χ1) is 11.6. The molecule has 1 N–H and O–H groups in total. The number of sulfonamides is 1. The molecule has 0 bridgehead atoms. The van der Waals surface area contributed by atoms with Crippen LogP contribution in [0, 0.1) is 5.82 Å². The lowest BCUT2D eigenvalue weighted by molar-refractivity contribution is -0.154. The first-order valence-corrected chi connectivity index (χ1v) is 8.32. The van der Waals surface area contributed by atoms with Gasteiger partial charge in [-0.1, -0.05) is 0 Å². The van der Waals surface area contributed by atoms with Crippen molar-refractivity contribution in [2.45, 2.75) is 17.9 Å². The molecule has 0 spiro atoms. The summed E-state index contributed by atoms with van der Waals surface area (Å²) in [5.41, 5.74) is 0. The molecule has 0 saturated heterocycles. The summed E-state index contributed by atoms with van der Waals surface area (Å²) in [5.74, 6) is -2.54. The van der Waals surface area contributed by atoms with Gasteiger partial charge in [-0.2, -0.15) is 4.31 Å². The normalized spacial score (nSPS) is 12.4. The molecular weight excluding hydrogens is 359 g/mol. The number of esters is 1. The van der Waals surface area contributed by atoms with Crippen molar-refractivity contribution in [3.8, 4) is 0 Å². The molecular formula is C14H17FN2O7S. The summed E-state index contributed by atoms with van der Waals surface area (Å²) in [5, 5.41) is 1.80. The van der Waals surface area contributed by atoms with Crippen LogP contribution in [0.15, 0.2) is 29.2 Å². The average molecular weight is 376 g/mol. The van der Waals surface area contributed by atoms with Gasteiger partial charge >= 0.3 is 12.1 Å². The molecule has 0 saturated carbocycles. The van der Waals surface area contributed by atoms with E-state index >= 15 is 0 Å². The number of nitrogens with one attached hydrogen (secondary N) is 1. The fourth-order valence-corrected chi connectivity index (χ4v) is 2.71. The third kappa shape index (κ3) is 5.80. The molecule has 25 heavy (non-hydrogen) atoms. The van der Waals surface area contributed by atoms with Crippen LogP contribution in [0.25, 0.3) is 0 Å². The van der Waals surface area contributed by atoms with Crippen LogP contribution in [0.2, 0.25) is 0 Å². The zero-order valence-corrected chi connectivity index (χ0v) is 14.5. The van der Waals surface area contributed by atoms with Gasteiger partial charge in [0.15, 0.2) is 6.10 Å². The van der Waals surface area contributed by atoms with Gasteiger partial charge in [0, 0.05) is 7.05 Å². The number of amides is 2. The zero-order chi connectivity index (χ0) is 19.2. The highest BCUT2D eigenvalue weighted by Gasteiger charge is 2.26. The minimum atomic E-state index is -4.04. The summed E-state index contributed by atoms with van der Waals surface area (Å²) < 4.78 is 47.0. The molecule has 0 aliphatic heterocycles. The fraction of sp³-hybridized carbons (Fsp3) is 0.357. The molecule has 11 heteroatoms. The van der Waals surface area contributed by atoms with Crippen LogP contribution in [0.4, 0.5) is 9.18 Å². The van der Waals surface area contributed by atoms with Crippen LogP contribution in [-0.2, 0) is 29.1 Å². The van der Waals surface area contributed by atoms with Crippen molar-refractivity contribution in [2.24, 2.45) is 0 Å². The summed E-state index contributed by atoms with van der Waals surface area (Å²) >= 11 is 0. The quantitative estimate of drug-likeness (QED) is 0.707. The van der Waals surface area contributed by atoms with E-state index in [2.05, 4.69) is 4.74 Å². The lowest BCUT2D eigenvalue weighted by Crippen LogP contribution is -2.41. The van der Waals surface area contributed by atoms with Crippen molar-refractivity contribution < 1.29 is 36.7 Å². The maximum absolute atomic E-state index is 12.9. The number of hydrogen-bond acceptors (Lipinski definition) is 7. The van der Waals surface area contributed by atoms with Crippen molar-refractivity contribution in [1.82, 2.24) is 9.62 Å². The minimum absolute atomic E-state index is 0.208. The van der Waals surface area contributed by atoms with Crippen molar-refractivity contribution in [3.63, 3.8) is 0 Å². The van der Waals surface area contributed by atoms with Crippen molar-refractivity contribution in [1.29, 1.82) is 0 Å². The topological polar surface area (TPSA) is 119 Å². The monoisotopic (exact) mass is 376 g/mol. The van der Waals surface area contributed by atoms with Gasteiger partial charge in [0.2, 0.25) is 10.0 Å². The van der Waals surface area contributed by atoms with Crippen molar-refractivity contribution >= 4 is 28.0 Å². The SMILES string of the molecule is COC(=O)NC(=O)[C@@H](C)OC(=O)CN(C)S(=O)(=O)c1ccc(F)cc1. The molecule has 1 rings (SSSR count). The van der Waals surface area contributed by atoms with Crippen LogP contribution in [0.1, 0.15) is 6.92 Å². The van der Waals surface area contributed by atoms with Gasteiger partial charge < -0.3 is 9.47 Å². The van der Waals surface area contributed by atoms with Crippen LogP contribution in [-0.4, -0.2) is 57.5 Å². The van der Waals surface area contributed by atoms with E-state index in [4.69, 9.17) is 4.74 Å². The van der Waals surface area contributed by atoms with E-state index in [1.54, 1.807) is 5.32 Å². The summed E-state index contributed by atoms with van der Waals surface area (Å²) in [4.78, 5) is 34.0. The number of carbonyl (C=O) groups excluding carboxylic acids is 3. The van der Waals surface area contributed by atoms with Gasteiger partial charge in [-0.3, -0.25) is 14.9 Å². The predicted molar refractivity (Wildman–Crippen MR) is 82.3 cm³/mol. The Morgan fingerprint density at radius 3 is 2.32 bits per heavy atom. The largest absolute Gasteiger partial charge is 0.453 e. The molecule has 0 aromatic heterocycles. The van der Waals surface area contributed by atoms with E-state index < -0.39 is 46.5 Å². The lowest BCUT2D eigenvalue weighted by atomic mass is 10.4. The molecule has 1 aromatic rings. The maximum atomic E-state index is 12.9. The van der Waals surface area contributed by atoms with Gasteiger partial charge in [-0.25, -0.2) is 17.6 Å². The van der Waals surface area contributed by atoms with Crippen molar-refractivity contribution in [2.75, 3.05) is 20.7 Å². The minimum Gasteiger partial charge on any atom is -0.453 e. The Morgan fingerprint density at radius 2 is 1.80 bits per heavy atom. The predicted octanol–water partition coefficient (Wildman–Crippen LogP) is 0.260. The summed E-state index contributed by atoms with van der Waals surface area (Å²) in [6.07, 6.45) is -2.36. The standard InChI is InChI=1S/C14H17FN2O7S/c1-9(13(19)16-14(20)23-3)24-12(18)8-17(2)25(21,22)11-6-4-10(15)5-7-11/h4-7,9H,8H2,1-3H3,(H,16,19,20)/t9-/m1/s1. The first kappa shape index (κ1) is 20.5. The van der Waals surface area contributed by atoms with E-state index in [1.165, 1.54) is 6.92 Å². The molecule has 9 nitrogen and oxygen atoms in total. The number of rotatable bonds is 6. The Labute approximate surface area is 143 Å². The van der Waals surface area contributed by atoms with Crippen LogP contribution < -0.4 is 5.32 Å². The van der Waals surface area contributed by atoms with E-state index in [-0.39, 0.29) is 4.90 Å². The van der Waals surface area contributed by atoms with E-state index in [1.807, 2.05) is 0 Å². The number of hydrogen-bond donors (Lipinski definition) is 1. The van der Waals surface area contributed by atoms with E-state index in [9.17, 15) is 27.2 Å². The number of imide groups is 1. The van der Waals surface area contributed by atoms with Gasteiger partial charge in [0.1, 0.15) is 12.4 Å². The number of nitrogens with zero attached hydrogens (tertiary/aromatic N) is 1. The highest BCUT2D eigenvalue weighted by Crippen LogP contribution is 2.14. The lowest BCUT2D eigenvalue weighted by Gasteiger charge is -2.18. The van der Waals surface area contributed by atoms with Gasteiger partial charge in [0.05, 0.1) is 12.0 Å². The Bertz CT molecular complexity index is 749. The molecule has 0 aliphatic carbocycles. The Morgan fingerprint density at radius 1 is 1.24 bits per heavy atom. The second-order valence-corrected chi connectivity index (χ2v) is 6.87. The number of likely N-dealkylation sites (N-methyl/N-ethyl adjacent to an activating group) is 1. The second kappa shape index (κ2) is 8.53. The van der Waals surface area contributed by atoms with E-state index in [0.717, 1.165) is 38.4 Å². The zero-order valence-electron chi connectivity index (χ0n) is 13.7. The molecule has 2 amide bonds. The number of alkyl carbamates (subject to hydrolysis) is 1. The second-order valence-electron chi connectivity index (χ2n) is 4.83. The number of ether oxygens (including phenoxy) is 2. The Hall–Kier alpha value is -2.53. The first-order valence-electron chi connectivity index (χ1n) is 6.88. The summed E-state index contributed by atoms with van der Waals surface area (Å²) in [6, 6.07) is 4.05. The third-order valence-corrected chi connectivity index (χ3v) is 4.78. The molecule has 0 heterocycles. The van der Waals surface area contributed by atoms with Gasteiger partial charge in [0.25, 0.3) is 5.91 Å². The smallest absolute Gasteiger partial charge is 0.413 e. The van der Waals surface area contributed by atoms with Gasteiger partial charge in [-0.05, 0) is 31.2 Å². The maximum Gasteiger partial charge on any atom is 0.413 e. The number of halogens is 1. The number of carbonyl (C=O) groups is 3. The van der Waals surface area contributed by atoms with Crippen LogP contribution in [0.3, 0.4) is 0 Å². The summed E-state index contributed by atoms with van der Waals surface area (Å²) in [7, 11) is -1.86. The molecule has 138 valence electrons. The van der Waals surface area contributed by atoms with Crippen molar-refractivity contribution in [3.05, 3.63) is 30.1 Å². The molecule has 1 atom stereocenters. The number of benzene rings is 1. The molecule has 0 aliphatic rings. The Kier molecular flexibility index (Phi) is 7.00. The molecule has 0 radical (unpaired) electrons. The average Bonchev–Trinajstić information content (AvgIpc) is 2.54. The summed E-state index contributed by atoms with van der Waals surface area (Å²) in [6.45, 7) is 0.514. The molecule has 0 unspecified atom stereocenters. The van der Waals surface area contributed by atoms with Gasteiger partial charge in [-0.15, -0.1) is 0 Å². The Balaban J connectivity index is 2.68. The third-order valence-electron chi connectivity index (χ3n) is 2.96. The fourth-order valence-electron chi connectivity index (χ4n) is 1.59. The number of methoxy groups -OCH3 is 1. The van der Waals surface area contributed by atoms with E-state index in [0.29, 0.717) is 4.31 Å². The molecule has 1 aromatic carbocycles. The highest BCUT2D eigenvalue weighted by atomic mass is 32.2.